The van der Waals surface area contributed by atoms with Gasteiger partial charge in [-0.3, -0.25) is 4.99 Å². The molecule has 2 N–H and O–H groups in total. The van der Waals surface area contributed by atoms with Gasteiger partial charge in [0.05, 0.1) is 0 Å². The number of hydrogen-bond acceptors (Lipinski definition) is 2. The van der Waals surface area contributed by atoms with Crippen LogP contribution in [0.4, 0.5) is 0 Å². The Bertz CT molecular complexity index is 530. The highest BCUT2D eigenvalue weighted by atomic mass is 127. The number of nitrogens with one attached hydrogen (secondary N) is 2. The summed E-state index contributed by atoms with van der Waals surface area (Å²) in [6, 6.07) is 11.5. The number of guanidine groups is 1. The summed E-state index contributed by atoms with van der Waals surface area (Å²) in [6.45, 7) is 9.68. The van der Waals surface area contributed by atoms with E-state index in [9.17, 15) is 0 Å². The number of hydrogen-bond donors (Lipinski definition) is 2. The summed E-state index contributed by atoms with van der Waals surface area (Å²) in [5.74, 6) is 2.17. The molecule has 1 aromatic carbocycles. The third kappa shape index (κ3) is 6.44. The van der Waals surface area contributed by atoms with Crippen LogP contribution in [0.15, 0.2) is 35.3 Å². The monoisotopic (exact) mass is 456 g/mol. The van der Waals surface area contributed by atoms with Crippen molar-refractivity contribution in [3.05, 3.63) is 35.9 Å². The molecule has 2 fully saturated rings. The van der Waals surface area contributed by atoms with Gasteiger partial charge < -0.3 is 15.5 Å². The summed E-state index contributed by atoms with van der Waals surface area (Å²) in [4.78, 5) is 7.47. The molecule has 2 atom stereocenters. The largest absolute Gasteiger partial charge is 0.357 e. The molecule has 1 aliphatic heterocycles. The number of halogens is 1. The van der Waals surface area contributed by atoms with E-state index in [-0.39, 0.29) is 24.0 Å². The molecule has 1 aromatic rings. The van der Waals surface area contributed by atoms with Crippen molar-refractivity contribution in [1.82, 2.24) is 15.5 Å². The van der Waals surface area contributed by atoms with Gasteiger partial charge in [0, 0.05) is 38.1 Å². The van der Waals surface area contributed by atoms with Gasteiger partial charge in [-0.2, -0.15) is 0 Å². The fourth-order valence-electron chi connectivity index (χ4n) is 3.50. The van der Waals surface area contributed by atoms with Crippen LogP contribution in [-0.4, -0.2) is 49.6 Å². The zero-order valence-corrected chi connectivity index (χ0v) is 17.9. The van der Waals surface area contributed by atoms with E-state index in [0.717, 1.165) is 37.6 Å². The van der Waals surface area contributed by atoms with Crippen molar-refractivity contribution in [3.8, 4) is 0 Å². The van der Waals surface area contributed by atoms with E-state index in [1.807, 2.05) is 0 Å². The number of aliphatic imine (C=N–C) groups is 1. The average Bonchev–Trinajstić information content (AvgIpc) is 3.36. The summed E-state index contributed by atoms with van der Waals surface area (Å²) in [5, 5.41) is 6.95. The van der Waals surface area contributed by atoms with Gasteiger partial charge in [-0.25, -0.2) is 0 Å². The second kappa shape index (κ2) is 10.4. The molecule has 5 heteroatoms. The van der Waals surface area contributed by atoms with Gasteiger partial charge in [0.1, 0.15) is 0 Å². The van der Waals surface area contributed by atoms with Crippen LogP contribution in [0.1, 0.15) is 44.6 Å². The Kier molecular flexibility index (Phi) is 8.49. The smallest absolute Gasteiger partial charge is 0.191 e. The molecule has 0 bridgehead atoms. The second-order valence-corrected chi connectivity index (χ2v) is 7.29. The van der Waals surface area contributed by atoms with Crippen molar-refractivity contribution >= 4 is 29.9 Å². The normalized spacial score (nSPS) is 22.3. The Morgan fingerprint density at radius 1 is 1.20 bits per heavy atom. The molecule has 140 valence electrons. The maximum Gasteiger partial charge on any atom is 0.191 e. The predicted octanol–water partition coefficient (Wildman–Crippen LogP) is 3.45. The standard InChI is InChI=1S/C20H32N4.HI/c1-3-21-20(22-13-16(2)18-7-5-4-6-8-18)23-14-17-11-12-24(15-17)19-9-10-19;/h4-8,16-17,19H,3,9-15H2,1-2H3,(H2,21,22,23);1H. The van der Waals surface area contributed by atoms with E-state index in [2.05, 4.69) is 59.7 Å². The maximum atomic E-state index is 4.80. The molecule has 0 spiro atoms. The summed E-state index contributed by atoms with van der Waals surface area (Å²) in [5.41, 5.74) is 1.35. The molecule has 1 saturated carbocycles. The molecular formula is C20H33IN4. The fraction of sp³-hybridized carbons (Fsp3) is 0.650. The molecule has 2 aliphatic rings. The zero-order valence-electron chi connectivity index (χ0n) is 15.6. The molecule has 2 unspecified atom stereocenters. The Morgan fingerprint density at radius 2 is 1.96 bits per heavy atom. The maximum absolute atomic E-state index is 4.80. The van der Waals surface area contributed by atoms with Gasteiger partial charge in [0.2, 0.25) is 0 Å². The van der Waals surface area contributed by atoms with Crippen molar-refractivity contribution in [2.45, 2.75) is 45.1 Å². The van der Waals surface area contributed by atoms with Crippen molar-refractivity contribution in [1.29, 1.82) is 0 Å². The minimum atomic E-state index is 0. The van der Waals surface area contributed by atoms with Gasteiger partial charge in [0.15, 0.2) is 5.96 Å². The predicted molar refractivity (Wildman–Crippen MR) is 117 cm³/mol. The topological polar surface area (TPSA) is 39.7 Å². The first-order valence-corrected chi connectivity index (χ1v) is 9.57. The second-order valence-electron chi connectivity index (χ2n) is 7.29. The number of likely N-dealkylation sites (tertiary alicyclic amines) is 1. The molecule has 0 radical (unpaired) electrons. The minimum Gasteiger partial charge on any atom is -0.357 e. The van der Waals surface area contributed by atoms with E-state index in [0.29, 0.717) is 5.92 Å². The van der Waals surface area contributed by atoms with Crippen LogP contribution in [0.3, 0.4) is 0 Å². The van der Waals surface area contributed by atoms with E-state index < -0.39 is 0 Å². The lowest BCUT2D eigenvalue weighted by atomic mass is 10.0. The highest BCUT2D eigenvalue weighted by molar-refractivity contribution is 14.0. The fourth-order valence-corrected chi connectivity index (χ4v) is 3.50. The van der Waals surface area contributed by atoms with E-state index in [1.54, 1.807) is 0 Å². The third-order valence-electron chi connectivity index (χ3n) is 5.17. The van der Waals surface area contributed by atoms with Gasteiger partial charge in [0.25, 0.3) is 0 Å². The van der Waals surface area contributed by atoms with Crippen LogP contribution < -0.4 is 10.6 Å². The average molecular weight is 456 g/mol. The molecule has 1 aliphatic carbocycles. The summed E-state index contributed by atoms with van der Waals surface area (Å²) in [7, 11) is 0. The summed E-state index contributed by atoms with van der Waals surface area (Å²) < 4.78 is 0. The Labute approximate surface area is 169 Å². The van der Waals surface area contributed by atoms with E-state index in [4.69, 9.17) is 4.99 Å². The van der Waals surface area contributed by atoms with Gasteiger partial charge in [-0.05, 0) is 44.2 Å². The molecule has 0 amide bonds. The SMILES string of the molecule is CCNC(=NCC(C)c1ccccc1)NCC1CCN(C2CC2)C1.I. The van der Waals surface area contributed by atoms with Gasteiger partial charge in [-0.15, -0.1) is 24.0 Å². The first-order chi connectivity index (χ1) is 11.8. The number of nitrogens with zero attached hydrogens (tertiary/aromatic N) is 2. The van der Waals surface area contributed by atoms with E-state index >= 15 is 0 Å². The lowest BCUT2D eigenvalue weighted by Crippen LogP contribution is -2.40. The highest BCUT2D eigenvalue weighted by Crippen LogP contribution is 2.31. The first-order valence-electron chi connectivity index (χ1n) is 9.57. The third-order valence-corrected chi connectivity index (χ3v) is 5.17. The number of benzene rings is 1. The van der Waals surface area contributed by atoms with Crippen LogP contribution in [0, 0.1) is 5.92 Å². The summed E-state index contributed by atoms with van der Waals surface area (Å²) >= 11 is 0. The zero-order chi connectivity index (χ0) is 16.8. The highest BCUT2D eigenvalue weighted by Gasteiger charge is 2.34. The van der Waals surface area contributed by atoms with Crippen LogP contribution in [0.5, 0.6) is 0 Å². The lowest BCUT2D eigenvalue weighted by Gasteiger charge is -2.17. The molecule has 4 nitrogen and oxygen atoms in total. The molecule has 25 heavy (non-hydrogen) atoms. The number of rotatable bonds is 7. The van der Waals surface area contributed by atoms with E-state index in [1.165, 1.54) is 37.9 Å². The molecular weight excluding hydrogens is 423 g/mol. The van der Waals surface area contributed by atoms with Crippen LogP contribution in [-0.2, 0) is 0 Å². The Morgan fingerprint density at radius 3 is 2.64 bits per heavy atom. The minimum absolute atomic E-state index is 0. The van der Waals surface area contributed by atoms with Crippen LogP contribution >= 0.6 is 24.0 Å². The molecule has 0 aromatic heterocycles. The Hall–Kier alpha value is -0.820. The van der Waals surface area contributed by atoms with Crippen LogP contribution in [0.2, 0.25) is 0 Å². The quantitative estimate of drug-likeness (QED) is 0.375. The van der Waals surface area contributed by atoms with Crippen molar-refractivity contribution < 1.29 is 0 Å². The van der Waals surface area contributed by atoms with Gasteiger partial charge >= 0.3 is 0 Å². The lowest BCUT2D eigenvalue weighted by molar-refractivity contribution is 0.314. The van der Waals surface area contributed by atoms with Crippen molar-refractivity contribution in [2.24, 2.45) is 10.9 Å². The molecule has 1 saturated heterocycles. The van der Waals surface area contributed by atoms with Crippen molar-refractivity contribution in [3.63, 3.8) is 0 Å². The first kappa shape index (κ1) is 20.5. The van der Waals surface area contributed by atoms with Crippen LogP contribution in [0.25, 0.3) is 0 Å². The van der Waals surface area contributed by atoms with Crippen molar-refractivity contribution in [2.75, 3.05) is 32.7 Å². The summed E-state index contributed by atoms with van der Waals surface area (Å²) in [6.07, 6.45) is 4.16. The molecule has 3 rings (SSSR count). The molecule has 1 heterocycles. The van der Waals surface area contributed by atoms with Gasteiger partial charge in [-0.1, -0.05) is 37.3 Å². The Balaban J connectivity index is 0.00000225.